The summed E-state index contributed by atoms with van der Waals surface area (Å²) in [6.07, 6.45) is 4.45. The number of benzene rings is 2. The number of thioether (sulfide) groups is 1. The fraction of sp³-hybridized carbons (Fsp3) is 0.400. The molecule has 1 aliphatic rings. The van der Waals surface area contributed by atoms with Gasteiger partial charge in [-0.25, -0.2) is 4.39 Å². The van der Waals surface area contributed by atoms with E-state index in [-0.39, 0.29) is 5.82 Å². The Balaban J connectivity index is 1.50. The van der Waals surface area contributed by atoms with E-state index in [1.54, 1.807) is 23.9 Å². The molecular weight excluding hydrogens is 319 g/mol. The van der Waals surface area contributed by atoms with E-state index in [0.717, 1.165) is 31.6 Å². The van der Waals surface area contributed by atoms with Gasteiger partial charge in [-0.3, -0.25) is 4.90 Å². The van der Waals surface area contributed by atoms with Crippen molar-refractivity contribution >= 4 is 11.8 Å². The molecule has 0 aliphatic carbocycles. The number of hydrogen-bond donors (Lipinski definition) is 1. The Labute approximate surface area is 148 Å². The van der Waals surface area contributed by atoms with Crippen LogP contribution >= 0.6 is 11.8 Å². The Morgan fingerprint density at radius 3 is 2.71 bits per heavy atom. The lowest BCUT2D eigenvalue weighted by Gasteiger charge is -2.33. The highest BCUT2D eigenvalue weighted by Gasteiger charge is 2.20. The van der Waals surface area contributed by atoms with Gasteiger partial charge in [-0.2, -0.15) is 0 Å². The van der Waals surface area contributed by atoms with Crippen molar-refractivity contribution in [3.63, 3.8) is 0 Å². The molecule has 0 radical (unpaired) electrons. The third kappa shape index (κ3) is 4.82. The predicted molar refractivity (Wildman–Crippen MR) is 99.8 cm³/mol. The lowest BCUT2D eigenvalue weighted by Crippen LogP contribution is -2.45. The van der Waals surface area contributed by atoms with Crippen LogP contribution in [0.25, 0.3) is 0 Å². The molecule has 2 aromatic carbocycles. The minimum absolute atomic E-state index is 0.0959. The van der Waals surface area contributed by atoms with Gasteiger partial charge in [0.15, 0.2) is 0 Å². The van der Waals surface area contributed by atoms with Crippen LogP contribution in [0.4, 0.5) is 4.39 Å². The molecule has 1 aliphatic heterocycles. The maximum absolute atomic E-state index is 13.8. The zero-order chi connectivity index (χ0) is 16.8. The number of nitrogens with one attached hydrogen (secondary N) is 1. The lowest BCUT2D eigenvalue weighted by molar-refractivity contribution is 0.181. The Bertz CT molecular complexity index is 644. The number of rotatable bonds is 6. The highest BCUT2D eigenvalue weighted by Crippen LogP contribution is 2.17. The van der Waals surface area contributed by atoms with Crippen LogP contribution in [0, 0.1) is 5.82 Å². The molecule has 1 fully saturated rings. The first kappa shape index (κ1) is 17.5. The summed E-state index contributed by atoms with van der Waals surface area (Å²) in [5.41, 5.74) is 2.12. The van der Waals surface area contributed by atoms with Gasteiger partial charge in [0.1, 0.15) is 5.82 Å². The average Bonchev–Trinajstić information content (AvgIpc) is 2.63. The molecule has 4 heteroatoms. The summed E-state index contributed by atoms with van der Waals surface area (Å²) >= 11 is 1.77. The smallest absolute Gasteiger partial charge is 0.127 e. The highest BCUT2D eigenvalue weighted by atomic mass is 32.2. The van der Waals surface area contributed by atoms with Crippen molar-refractivity contribution in [3.05, 3.63) is 65.5 Å². The molecule has 1 heterocycles. The third-order valence-electron chi connectivity index (χ3n) is 4.61. The molecular formula is C20H25FN2S. The van der Waals surface area contributed by atoms with Gasteiger partial charge in [0, 0.05) is 36.1 Å². The summed E-state index contributed by atoms with van der Waals surface area (Å²) in [5, 5.41) is 3.66. The standard InChI is InChI=1S/C20H25FN2S/c1-24-19-10-8-16(9-11-19)13-22-18-6-4-12-23(15-18)14-17-5-2-3-7-20(17)21/h2-3,5,7-11,18,22H,4,6,12-15H2,1H3. The van der Waals surface area contributed by atoms with Crippen molar-refractivity contribution in [1.29, 1.82) is 0 Å². The van der Waals surface area contributed by atoms with Gasteiger partial charge in [0.05, 0.1) is 0 Å². The number of likely N-dealkylation sites (tertiary alicyclic amines) is 1. The maximum Gasteiger partial charge on any atom is 0.127 e. The second-order valence-electron chi connectivity index (χ2n) is 6.39. The number of halogens is 1. The van der Waals surface area contributed by atoms with E-state index in [9.17, 15) is 4.39 Å². The molecule has 0 spiro atoms. The second-order valence-corrected chi connectivity index (χ2v) is 7.27. The number of hydrogen-bond acceptors (Lipinski definition) is 3. The minimum Gasteiger partial charge on any atom is -0.309 e. The largest absolute Gasteiger partial charge is 0.309 e. The topological polar surface area (TPSA) is 15.3 Å². The molecule has 24 heavy (non-hydrogen) atoms. The Hall–Kier alpha value is -1.36. The van der Waals surface area contributed by atoms with Crippen molar-refractivity contribution in [2.24, 2.45) is 0 Å². The van der Waals surface area contributed by atoms with E-state index in [4.69, 9.17) is 0 Å². The summed E-state index contributed by atoms with van der Waals surface area (Å²) in [7, 11) is 0. The van der Waals surface area contributed by atoms with Crippen LogP contribution in [-0.2, 0) is 13.1 Å². The lowest BCUT2D eigenvalue weighted by atomic mass is 10.0. The first-order chi connectivity index (χ1) is 11.7. The van der Waals surface area contributed by atoms with Crippen molar-refractivity contribution in [1.82, 2.24) is 10.2 Å². The molecule has 0 bridgehead atoms. The maximum atomic E-state index is 13.8. The Morgan fingerprint density at radius 2 is 1.96 bits per heavy atom. The molecule has 3 rings (SSSR count). The molecule has 1 atom stereocenters. The highest BCUT2D eigenvalue weighted by molar-refractivity contribution is 7.98. The SMILES string of the molecule is CSc1ccc(CNC2CCCN(Cc3ccccc3F)C2)cc1. The normalized spacial score (nSPS) is 18.7. The Kier molecular flexibility index (Phi) is 6.30. The van der Waals surface area contributed by atoms with E-state index < -0.39 is 0 Å². The van der Waals surface area contributed by atoms with Gasteiger partial charge < -0.3 is 5.32 Å². The van der Waals surface area contributed by atoms with E-state index in [1.807, 2.05) is 12.1 Å². The first-order valence-electron chi connectivity index (χ1n) is 8.56. The van der Waals surface area contributed by atoms with Crippen molar-refractivity contribution in [2.75, 3.05) is 19.3 Å². The fourth-order valence-corrected chi connectivity index (χ4v) is 3.65. The van der Waals surface area contributed by atoms with Crippen molar-refractivity contribution in [3.8, 4) is 0 Å². The van der Waals surface area contributed by atoms with Crippen LogP contribution in [0.1, 0.15) is 24.0 Å². The molecule has 0 amide bonds. The number of piperidine rings is 1. The molecule has 0 aromatic heterocycles. The fourth-order valence-electron chi connectivity index (χ4n) is 3.24. The molecule has 1 saturated heterocycles. The van der Waals surface area contributed by atoms with Crippen LogP contribution in [0.15, 0.2) is 53.4 Å². The van der Waals surface area contributed by atoms with Crippen molar-refractivity contribution in [2.45, 2.75) is 36.9 Å². The first-order valence-corrected chi connectivity index (χ1v) is 9.79. The molecule has 128 valence electrons. The van der Waals surface area contributed by atoms with Crippen molar-refractivity contribution < 1.29 is 4.39 Å². The quantitative estimate of drug-likeness (QED) is 0.787. The summed E-state index contributed by atoms with van der Waals surface area (Å²) < 4.78 is 13.8. The van der Waals surface area contributed by atoms with Gasteiger partial charge >= 0.3 is 0 Å². The number of nitrogens with zero attached hydrogens (tertiary/aromatic N) is 1. The Morgan fingerprint density at radius 1 is 1.17 bits per heavy atom. The monoisotopic (exact) mass is 344 g/mol. The van der Waals surface area contributed by atoms with E-state index >= 15 is 0 Å². The van der Waals surface area contributed by atoms with Gasteiger partial charge in [-0.1, -0.05) is 30.3 Å². The third-order valence-corrected chi connectivity index (χ3v) is 5.35. The average molecular weight is 344 g/mol. The summed E-state index contributed by atoms with van der Waals surface area (Å²) in [6, 6.07) is 16.3. The van der Waals surface area contributed by atoms with Gasteiger partial charge in [-0.15, -0.1) is 11.8 Å². The summed E-state index contributed by atoms with van der Waals surface area (Å²) in [5.74, 6) is -0.0959. The van der Waals surface area contributed by atoms with Gasteiger partial charge in [0.2, 0.25) is 0 Å². The zero-order valence-electron chi connectivity index (χ0n) is 14.2. The second kappa shape index (κ2) is 8.65. The van der Waals surface area contributed by atoms with Gasteiger partial charge in [0.25, 0.3) is 0 Å². The van der Waals surface area contributed by atoms with E-state index in [0.29, 0.717) is 12.6 Å². The van der Waals surface area contributed by atoms with Crippen LogP contribution < -0.4 is 5.32 Å². The molecule has 0 saturated carbocycles. The predicted octanol–water partition coefficient (Wildman–Crippen LogP) is 4.30. The molecule has 1 N–H and O–H groups in total. The van der Waals surface area contributed by atoms with E-state index in [2.05, 4.69) is 40.7 Å². The van der Waals surface area contributed by atoms with Crippen LogP contribution in [-0.4, -0.2) is 30.3 Å². The van der Waals surface area contributed by atoms with Crippen LogP contribution in [0.2, 0.25) is 0 Å². The zero-order valence-corrected chi connectivity index (χ0v) is 15.0. The van der Waals surface area contributed by atoms with Gasteiger partial charge in [-0.05, 0) is 49.4 Å². The molecule has 2 aromatic rings. The minimum atomic E-state index is -0.0959. The summed E-state index contributed by atoms with van der Waals surface area (Å²) in [4.78, 5) is 3.66. The van der Waals surface area contributed by atoms with Crippen LogP contribution in [0.5, 0.6) is 0 Å². The summed E-state index contributed by atoms with van der Waals surface area (Å²) in [6.45, 7) is 3.63. The van der Waals surface area contributed by atoms with E-state index in [1.165, 1.54) is 16.9 Å². The molecule has 1 unspecified atom stereocenters. The molecule has 2 nitrogen and oxygen atoms in total. The van der Waals surface area contributed by atoms with Crippen LogP contribution in [0.3, 0.4) is 0 Å².